The monoisotopic (exact) mass is 312 g/mol. The summed E-state index contributed by atoms with van der Waals surface area (Å²) in [5, 5.41) is 3.41. The fourth-order valence-electron chi connectivity index (χ4n) is 2.16. The smallest absolute Gasteiger partial charge is 0.240 e. The largest absolute Gasteiger partial charge is 0.383 e. The molecule has 0 saturated heterocycles. The van der Waals surface area contributed by atoms with E-state index in [-0.39, 0.29) is 0 Å². The lowest BCUT2D eigenvalue weighted by Gasteiger charge is -2.18. The summed E-state index contributed by atoms with van der Waals surface area (Å²) in [6.45, 7) is 9.00. The predicted molar refractivity (Wildman–Crippen MR) is 89.1 cm³/mol. The first kappa shape index (κ1) is 18.0. The Hall–Kier alpha value is -1.07. The van der Waals surface area contributed by atoms with Gasteiger partial charge < -0.3 is 5.32 Å². The molecule has 5 heteroatoms. The second kappa shape index (κ2) is 8.39. The van der Waals surface area contributed by atoms with Gasteiger partial charge in [-0.25, -0.2) is 13.1 Å². The van der Waals surface area contributed by atoms with E-state index in [1.165, 1.54) is 6.42 Å². The normalized spacial score (nSPS) is 14.7. The average Bonchev–Trinajstić information content (AvgIpc) is 2.45. The Bertz CT molecular complexity index is 512. The zero-order valence-corrected chi connectivity index (χ0v) is 14.3. The summed E-state index contributed by atoms with van der Waals surface area (Å²) in [6.07, 6.45) is 3.06. The molecule has 4 nitrogen and oxygen atoms in total. The number of nitrogens with one attached hydrogen (secondary N) is 2. The summed E-state index contributed by atoms with van der Waals surface area (Å²) >= 11 is 0. The molecule has 0 aliphatic carbocycles. The molecule has 2 N–H and O–H groups in total. The number of hydrogen-bond donors (Lipinski definition) is 2. The lowest BCUT2D eigenvalue weighted by Crippen LogP contribution is -2.24. The van der Waals surface area contributed by atoms with Crippen LogP contribution in [0.1, 0.15) is 47.0 Å². The topological polar surface area (TPSA) is 58.2 Å². The molecule has 0 bridgehead atoms. The SMILES string of the molecule is CCCNS(=O)(=O)c1ccc(NC(C)CC(C)CC)cc1. The van der Waals surface area contributed by atoms with Gasteiger partial charge in [-0.2, -0.15) is 0 Å². The highest BCUT2D eigenvalue weighted by molar-refractivity contribution is 7.89. The summed E-state index contributed by atoms with van der Waals surface area (Å²) in [4.78, 5) is 0.316. The van der Waals surface area contributed by atoms with Gasteiger partial charge in [0.1, 0.15) is 0 Å². The first-order valence-corrected chi connectivity index (χ1v) is 9.23. The maximum Gasteiger partial charge on any atom is 0.240 e. The highest BCUT2D eigenvalue weighted by Gasteiger charge is 2.13. The number of anilines is 1. The number of rotatable bonds is 9. The van der Waals surface area contributed by atoms with Gasteiger partial charge in [0.15, 0.2) is 0 Å². The van der Waals surface area contributed by atoms with Crippen LogP contribution in [-0.4, -0.2) is 21.0 Å². The molecule has 0 aromatic heterocycles. The minimum Gasteiger partial charge on any atom is -0.383 e. The van der Waals surface area contributed by atoms with E-state index >= 15 is 0 Å². The van der Waals surface area contributed by atoms with Crippen molar-refractivity contribution < 1.29 is 8.42 Å². The highest BCUT2D eigenvalue weighted by atomic mass is 32.2. The Morgan fingerprint density at radius 1 is 1.10 bits per heavy atom. The fourth-order valence-corrected chi connectivity index (χ4v) is 3.30. The maximum absolute atomic E-state index is 12.0. The molecule has 120 valence electrons. The van der Waals surface area contributed by atoms with Gasteiger partial charge >= 0.3 is 0 Å². The van der Waals surface area contributed by atoms with Crippen molar-refractivity contribution in [2.45, 2.75) is 57.9 Å². The van der Waals surface area contributed by atoms with E-state index in [1.807, 2.05) is 19.1 Å². The van der Waals surface area contributed by atoms with E-state index in [4.69, 9.17) is 0 Å². The third kappa shape index (κ3) is 6.06. The van der Waals surface area contributed by atoms with E-state index in [1.54, 1.807) is 12.1 Å². The fraction of sp³-hybridized carbons (Fsp3) is 0.625. The predicted octanol–water partition coefficient (Wildman–Crippen LogP) is 3.61. The van der Waals surface area contributed by atoms with Crippen LogP contribution in [0.25, 0.3) is 0 Å². The molecule has 0 amide bonds. The van der Waals surface area contributed by atoms with Crippen LogP contribution in [-0.2, 0) is 10.0 Å². The van der Waals surface area contributed by atoms with E-state index in [9.17, 15) is 8.42 Å². The summed E-state index contributed by atoms with van der Waals surface area (Å²) in [6, 6.07) is 7.33. The van der Waals surface area contributed by atoms with Crippen molar-refractivity contribution in [2.24, 2.45) is 5.92 Å². The van der Waals surface area contributed by atoms with Crippen molar-refractivity contribution in [2.75, 3.05) is 11.9 Å². The molecule has 1 aromatic rings. The Balaban J connectivity index is 2.66. The first-order chi connectivity index (χ1) is 9.89. The molecule has 2 unspecified atom stereocenters. The second-order valence-corrected chi connectivity index (χ2v) is 7.48. The van der Waals surface area contributed by atoms with E-state index < -0.39 is 10.0 Å². The molecule has 1 aromatic carbocycles. The minimum absolute atomic E-state index is 0.316. The van der Waals surface area contributed by atoms with Crippen LogP contribution in [0, 0.1) is 5.92 Å². The number of hydrogen-bond acceptors (Lipinski definition) is 3. The Morgan fingerprint density at radius 3 is 2.24 bits per heavy atom. The molecule has 0 radical (unpaired) electrons. The van der Waals surface area contributed by atoms with Gasteiger partial charge in [0.2, 0.25) is 10.0 Å². The molecule has 21 heavy (non-hydrogen) atoms. The van der Waals surface area contributed by atoms with Crippen LogP contribution in [0.15, 0.2) is 29.2 Å². The third-order valence-corrected chi connectivity index (χ3v) is 5.05. The summed E-state index contributed by atoms with van der Waals surface area (Å²) in [7, 11) is -3.37. The van der Waals surface area contributed by atoms with Gasteiger partial charge in [0.05, 0.1) is 4.90 Å². The van der Waals surface area contributed by atoms with Gasteiger partial charge in [-0.15, -0.1) is 0 Å². The zero-order valence-electron chi connectivity index (χ0n) is 13.5. The van der Waals surface area contributed by atoms with Crippen molar-refractivity contribution in [3.05, 3.63) is 24.3 Å². The van der Waals surface area contributed by atoms with Crippen LogP contribution in [0.2, 0.25) is 0 Å². The van der Waals surface area contributed by atoms with Crippen LogP contribution in [0.3, 0.4) is 0 Å². The summed E-state index contributed by atoms with van der Waals surface area (Å²) < 4.78 is 26.5. The molecular weight excluding hydrogens is 284 g/mol. The molecule has 1 rings (SSSR count). The number of sulfonamides is 1. The van der Waals surface area contributed by atoms with Crippen LogP contribution < -0.4 is 10.0 Å². The standard InChI is InChI=1S/C16H28N2O2S/c1-5-11-17-21(19,20)16-9-7-15(8-10-16)18-14(4)12-13(3)6-2/h7-10,13-14,17-18H,5-6,11-12H2,1-4H3. The van der Waals surface area contributed by atoms with Gasteiger partial charge in [0, 0.05) is 18.3 Å². The Morgan fingerprint density at radius 2 is 1.71 bits per heavy atom. The quantitative estimate of drug-likeness (QED) is 0.732. The van der Waals surface area contributed by atoms with Crippen molar-refractivity contribution in [3.63, 3.8) is 0 Å². The van der Waals surface area contributed by atoms with Gasteiger partial charge in [-0.1, -0.05) is 27.2 Å². The molecule has 0 saturated carbocycles. The molecule has 0 aliphatic heterocycles. The summed E-state index contributed by atoms with van der Waals surface area (Å²) in [5.41, 5.74) is 0.959. The van der Waals surface area contributed by atoms with Crippen molar-refractivity contribution in [3.8, 4) is 0 Å². The van der Waals surface area contributed by atoms with Crippen LogP contribution in [0.4, 0.5) is 5.69 Å². The lowest BCUT2D eigenvalue weighted by molar-refractivity contribution is 0.484. The minimum atomic E-state index is -3.37. The van der Waals surface area contributed by atoms with E-state index in [0.29, 0.717) is 23.4 Å². The molecule has 0 heterocycles. The maximum atomic E-state index is 12.0. The van der Waals surface area contributed by atoms with Gasteiger partial charge in [-0.3, -0.25) is 0 Å². The Labute approximate surface area is 129 Å². The molecule has 0 aliphatic rings. The van der Waals surface area contributed by atoms with Gasteiger partial charge in [-0.05, 0) is 49.9 Å². The van der Waals surface area contributed by atoms with Gasteiger partial charge in [0.25, 0.3) is 0 Å². The van der Waals surface area contributed by atoms with Crippen molar-refractivity contribution in [1.82, 2.24) is 4.72 Å². The number of benzene rings is 1. The molecule has 0 spiro atoms. The van der Waals surface area contributed by atoms with Crippen molar-refractivity contribution >= 4 is 15.7 Å². The van der Waals surface area contributed by atoms with E-state index in [0.717, 1.165) is 18.5 Å². The molecule has 0 fully saturated rings. The van der Waals surface area contributed by atoms with E-state index in [2.05, 4.69) is 30.8 Å². The Kier molecular flexibility index (Phi) is 7.18. The third-order valence-electron chi connectivity index (χ3n) is 3.57. The lowest BCUT2D eigenvalue weighted by atomic mass is 10.0. The first-order valence-electron chi connectivity index (χ1n) is 7.75. The molecule has 2 atom stereocenters. The molecular formula is C16H28N2O2S. The zero-order chi connectivity index (χ0) is 15.9. The second-order valence-electron chi connectivity index (χ2n) is 5.72. The van der Waals surface area contributed by atoms with Crippen molar-refractivity contribution in [1.29, 1.82) is 0 Å². The average molecular weight is 312 g/mol. The van der Waals surface area contributed by atoms with Crippen LogP contribution in [0.5, 0.6) is 0 Å². The summed E-state index contributed by atoms with van der Waals surface area (Å²) in [5.74, 6) is 0.686. The highest BCUT2D eigenvalue weighted by Crippen LogP contribution is 2.17. The van der Waals surface area contributed by atoms with Crippen LogP contribution >= 0.6 is 0 Å².